The van der Waals surface area contributed by atoms with Gasteiger partial charge in [-0.3, -0.25) is 4.79 Å². The molecule has 2 N–H and O–H groups in total. The molecule has 1 aliphatic rings. The lowest BCUT2D eigenvalue weighted by Crippen LogP contribution is -2.40. The summed E-state index contributed by atoms with van der Waals surface area (Å²) in [6.07, 6.45) is 3.31. The van der Waals surface area contributed by atoms with Crippen LogP contribution in [0.1, 0.15) is 13.3 Å². The normalized spacial score (nSPS) is 26.1. The number of hydrogen-bond donors (Lipinski definition) is 2. The molecule has 14 heavy (non-hydrogen) atoms. The molecule has 0 spiro atoms. The molecule has 3 heteroatoms. The Morgan fingerprint density at radius 3 is 2.64 bits per heavy atom. The zero-order chi connectivity index (χ0) is 10.7. The lowest BCUT2D eigenvalue weighted by atomic mass is 10.1. The van der Waals surface area contributed by atoms with Crippen LogP contribution in [0.4, 0.5) is 0 Å². The van der Waals surface area contributed by atoms with Gasteiger partial charge in [0.15, 0.2) is 0 Å². The summed E-state index contributed by atoms with van der Waals surface area (Å²) in [6, 6.07) is -0.335. The van der Waals surface area contributed by atoms with E-state index < -0.39 is 6.10 Å². The number of amides is 1. The van der Waals surface area contributed by atoms with Gasteiger partial charge < -0.3 is 10.4 Å². The molecule has 0 aromatic carbocycles. The molecule has 2 unspecified atom stereocenters. The number of carbonyl (C=O) groups is 1. The molecule has 1 aliphatic carbocycles. The molecule has 0 heterocycles. The zero-order valence-corrected chi connectivity index (χ0v) is 8.29. The van der Waals surface area contributed by atoms with Gasteiger partial charge in [0.25, 0.3) is 0 Å². The molecule has 0 radical (unpaired) electrons. The minimum absolute atomic E-state index is 0.154. The highest BCUT2D eigenvalue weighted by Gasteiger charge is 2.31. The summed E-state index contributed by atoms with van der Waals surface area (Å²) in [4.78, 5) is 10.9. The summed E-state index contributed by atoms with van der Waals surface area (Å²) in [5.74, 6) is -0.154. The quantitative estimate of drug-likeness (QED) is 0.700. The number of aliphatic hydroxyl groups excluding tert-OH is 1. The molecule has 0 aromatic rings. The van der Waals surface area contributed by atoms with Crippen molar-refractivity contribution in [2.45, 2.75) is 25.5 Å². The summed E-state index contributed by atoms with van der Waals surface area (Å²) >= 11 is 0. The van der Waals surface area contributed by atoms with Gasteiger partial charge in [-0.1, -0.05) is 25.3 Å². The third kappa shape index (κ3) is 1.93. The fraction of sp³-hybridized carbons (Fsp3) is 0.364. The number of aliphatic hydroxyl groups is 1. The van der Waals surface area contributed by atoms with Crippen LogP contribution in [-0.4, -0.2) is 23.2 Å². The van der Waals surface area contributed by atoms with E-state index in [0.29, 0.717) is 6.42 Å². The molecule has 0 saturated carbocycles. The van der Waals surface area contributed by atoms with Crippen molar-refractivity contribution in [2.75, 3.05) is 0 Å². The average Bonchev–Trinajstić information content (AvgIpc) is 2.42. The van der Waals surface area contributed by atoms with Crippen molar-refractivity contribution in [1.29, 1.82) is 0 Å². The van der Waals surface area contributed by atoms with E-state index in [4.69, 9.17) is 0 Å². The fourth-order valence-electron chi connectivity index (χ4n) is 1.72. The van der Waals surface area contributed by atoms with E-state index in [-0.39, 0.29) is 11.9 Å². The SMILES string of the molecule is C=CC1=C(C=C)C(NC(C)=O)C(O)C1. The van der Waals surface area contributed by atoms with Gasteiger partial charge in [0, 0.05) is 13.3 Å². The van der Waals surface area contributed by atoms with E-state index in [9.17, 15) is 9.90 Å². The maximum atomic E-state index is 10.9. The van der Waals surface area contributed by atoms with Crippen LogP contribution in [0.2, 0.25) is 0 Å². The molecule has 0 saturated heterocycles. The Kier molecular flexibility index (Phi) is 3.25. The minimum atomic E-state index is -0.570. The number of allylic oxidation sites excluding steroid dienone is 1. The minimum Gasteiger partial charge on any atom is -0.390 e. The predicted octanol–water partition coefficient (Wildman–Crippen LogP) is 0.924. The second-order valence-electron chi connectivity index (χ2n) is 3.34. The number of rotatable bonds is 3. The van der Waals surface area contributed by atoms with Crippen LogP contribution >= 0.6 is 0 Å². The van der Waals surface area contributed by atoms with Gasteiger partial charge in [0.1, 0.15) is 0 Å². The van der Waals surface area contributed by atoms with Gasteiger partial charge in [0.05, 0.1) is 12.1 Å². The highest BCUT2D eigenvalue weighted by molar-refractivity contribution is 5.74. The topological polar surface area (TPSA) is 49.3 Å². The van der Waals surface area contributed by atoms with Gasteiger partial charge in [0.2, 0.25) is 5.91 Å². The predicted molar refractivity (Wildman–Crippen MR) is 55.6 cm³/mol. The van der Waals surface area contributed by atoms with Crippen molar-refractivity contribution < 1.29 is 9.90 Å². The van der Waals surface area contributed by atoms with E-state index >= 15 is 0 Å². The third-order valence-corrected chi connectivity index (χ3v) is 2.34. The van der Waals surface area contributed by atoms with Crippen LogP contribution in [0.3, 0.4) is 0 Å². The molecule has 76 valence electrons. The van der Waals surface area contributed by atoms with Crippen LogP contribution in [0, 0.1) is 0 Å². The van der Waals surface area contributed by atoms with Crippen molar-refractivity contribution in [3.63, 3.8) is 0 Å². The van der Waals surface area contributed by atoms with Gasteiger partial charge in [-0.2, -0.15) is 0 Å². The largest absolute Gasteiger partial charge is 0.390 e. The van der Waals surface area contributed by atoms with E-state index in [1.807, 2.05) is 0 Å². The van der Waals surface area contributed by atoms with Crippen LogP contribution < -0.4 is 5.32 Å². The van der Waals surface area contributed by atoms with E-state index in [0.717, 1.165) is 11.1 Å². The fourth-order valence-corrected chi connectivity index (χ4v) is 1.72. The monoisotopic (exact) mass is 193 g/mol. The Labute approximate surface area is 83.8 Å². The first-order valence-electron chi connectivity index (χ1n) is 4.53. The molecule has 2 atom stereocenters. The zero-order valence-electron chi connectivity index (χ0n) is 8.29. The van der Waals surface area contributed by atoms with Gasteiger partial charge >= 0.3 is 0 Å². The van der Waals surface area contributed by atoms with E-state index in [2.05, 4.69) is 18.5 Å². The van der Waals surface area contributed by atoms with Gasteiger partial charge in [-0.15, -0.1) is 0 Å². The first-order chi connectivity index (χ1) is 6.60. The maximum absolute atomic E-state index is 10.9. The molecule has 1 amide bonds. The molecule has 1 rings (SSSR count). The first-order valence-corrected chi connectivity index (χ1v) is 4.53. The van der Waals surface area contributed by atoms with Crippen molar-refractivity contribution in [3.05, 3.63) is 36.5 Å². The first kappa shape index (κ1) is 10.7. The molecule has 0 aromatic heterocycles. The molecular formula is C11H15NO2. The smallest absolute Gasteiger partial charge is 0.217 e. The average molecular weight is 193 g/mol. The Morgan fingerprint density at radius 2 is 2.21 bits per heavy atom. The number of carbonyl (C=O) groups excluding carboxylic acids is 1. The van der Waals surface area contributed by atoms with E-state index in [1.54, 1.807) is 12.2 Å². The second kappa shape index (κ2) is 4.24. The van der Waals surface area contributed by atoms with Gasteiger partial charge in [-0.25, -0.2) is 0 Å². The highest BCUT2D eigenvalue weighted by atomic mass is 16.3. The molecule has 0 bridgehead atoms. The summed E-state index contributed by atoms with van der Waals surface area (Å²) < 4.78 is 0. The highest BCUT2D eigenvalue weighted by Crippen LogP contribution is 2.28. The molecule has 0 aliphatic heterocycles. The maximum Gasteiger partial charge on any atom is 0.217 e. The van der Waals surface area contributed by atoms with Crippen molar-refractivity contribution in [2.24, 2.45) is 0 Å². The number of nitrogens with one attached hydrogen (secondary N) is 1. The summed E-state index contributed by atoms with van der Waals surface area (Å²) in [6.45, 7) is 8.75. The van der Waals surface area contributed by atoms with Crippen LogP contribution in [0.5, 0.6) is 0 Å². The number of hydrogen-bond acceptors (Lipinski definition) is 2. The second-order valence-corrected chi connectivity index (χ2v) is 3.34. The van der Waals surface area contributed by atoms with Crippen molar-refractivity contribution in [1.82, 2.24) is 5.32 Å². The Morgan fingerprint density at radius 1 is 1.57 bits per heavy atom. The Hall–Kier alpha value is -1.35. The molecular weight excluding hydrogens is 178 g/mol. The lowest BCUT2D eigenvalue weighted by Gasteiger charge is -2.17. The Bertz CT molecular complexity index is 304. The van der Waals surface area contributed by atoms with Crippen LogP contribution in [-0.2, 0) is 4.79 Å². The lowest BCUT2D eigenvalue weighted by molar-refractivity contribution is -0.120. The van der Waals surface area contributed by atoms with E-state index in [1.165, 1.54) is 6.92 Å². The molecule has 0 fully saturated rings. The van der Waals surface area contributed by atoms with Crippen molar-refractivity contribution >= 4 is 5.91 Å². The van der Waals surface area contributed by atoms with Gasteiger partial charge in [-0.05, 0) is 11.1 Å². The molecule has 3 nitrogen and oxygen atoms in total. The van der Waals surface area contributed by atoms with Crippen molar-refractivity contribution in [3.8, 4) is 0 Å². The summed E-state index contributed by atoms with van der Waals surface area (Å²) in [5, 5.41) is 12.4. The Balaban J connectivity index is 2.92. The standard InChI is InChI=1S/C11H15NO2/c1-4-8-6-10(14)11(9(8)5-2)12-7(3)13/h4-5,10-11,14H,1-2,6H2,3H3,(H,12,13). The van der Waals surface area contributed by atoms with Crippen LogP contribution in [0.15, 0.2) is 36.5 Å². The summed E-state index contributed by atoms with van der Waals surface area (Å²) in [5.41, 5.74) is 1.81. The third-order valence-electron chi connectivity index (χ3n) is 2.34. The van der Waals surface area contributed by atoms with Crippen LogP contribution in [0.25, 0.3) is 0 Å². The summed E-state index contributed by atoms with van der Waals surface area (Å²) in [7, 11) is 0.